The summed E-state index contributed by atoms with van der Waals surface area (Å²) in [5.41, 5.74) is 8.93. The molecule has 1 amide bonds. The number of ether oxygens (including phenoxy) is 1. The molecule has 0 bridgehead atoms. The highest BCUT2D eigenvalue weighted by atomic mass is 32.1. The molecule has 3 atom stereocenters. The van der Waals surface area contributed by atoms with Crippen LogP contribution in [-0.2, 0) is 9.53 Å². The average molecular weight is 424 g/mol. The zero-order chi connectivity index (χ0) is 22.1. The van der Waals surface area contributed by atoms with Crippen LogP contribution in [0, 0.1) is 11.8 Å². The number of amides is 1. The van der Waals surface area contributed by atoms with E-state index in [4.69, 9.17) is 10.3 Å². The molecule has 160 valence electrons. The molecule has 0 spiro atoms. The second-order valence-electron chi connectivity index (χ2n) is 7.18. The summed E-state index contributed by atoms with van der Waals surface area (Å²) >= 11 is 1.08. The summed E-state index contributed by atoms with van der Waals surface area (Å²) in [6.45, 7) is 9.53. The van der Waals surface area contributed by atoms with Gasteiger partial charge in [0.15, 0.2) is 16.5 Å². The van der Waals surface area contributed by atoms with Crippen LogP contribution in [0.5, 0.6) is 0 Å². The van der Waals surface area contributed by atoms with E-state index < -0.39 is 18.1 Å². The lowest BCUT2D eigenvalue weighted by molar-refractivity contribution is -0.135. The van der Waals surface area contributed by atoms with Crippen molar-refractivity contribution in [3.63, 3.8) is 0 Å². The van der Waals surface area contributed by atoms with E-state index in [0.29, 0.717) is 6.42 Å². The van der Waals surface area contributed by atoms with Gasteiger partial charge in [-0.25, -0.2) is 9.78 Å². The first-order chi connectivity index (χ1) is 13.7. The maximum absolute atomic E-state index is 12.9. The number of azide groups is 1. The third kappa shape index (κ3) is 6.54. The van der Waals surface area contributed by atoms with Crippen molar-refractivity contribution in [2.45, 2.75) is 59.5 Å². The summed E-state index contributed by atoms with van der Waals surface area (Å²) in [7, 11) is 1.62. The minimum absolute atomic E-state index is 0.0129. The van der Waals surface area contributed by atoms with Crippen molar-refractivity contribution in [2.75, 3.05) is 13.7 Å². The number of rotatable bonds is 11. The predicted octanol–water partition coefficient (Wildman–Crippen LogP) is 4.10. The van der Waals surface area contributed by atoms with Gasteiger partial charge in [-0.15, -0.1) is 11.3 Å². The molecule has 0 aliphatic heterocycles. The molecule has 0 aromatic carbocycles. The average Bonchev–Trinajstić information content (AvgIpc) is 3.19. The highest BCUT2D eigenvalue weighted by Crippen LogP contribution is 2.22. The molecule has 1 unspecified atom stereocenters. The Kier molecular flexibility index (Phi) is 9.77. The lowest BCUT2D eigenvalue weighted by Gasteiger charge is -2.33. The summed E-state index contributed by atoms with van der Waals surface area (Å²) < 4.78 is 4.89. The molecule has 0 saturated heterocycles. The van der Waals surface area contributed by atoms with Crippen LogP contribution in [0.2, 0.25) is 0 Å². The van der Waals surface area contributed by atoms with E-state index in [1.54, 1.807) is 14.0 Å². The maximum Gasteiger partial charge on any atom is 0.357 e. The Bertz CT molecular complexity index is 772. The molecule has 1 aromatic heterocycles. The first-order valence-electron chi connectivity index (χ1n) is 9.64. The van der Waals surface area contributed by atoms with Gasteiger partial charge in [0.1, 0.15) is 6.04 Å². The number of carbonyl (C=O) groups is 3. The zero-order valence-electron chi connectivity index (χ0n) is 17.8. The Labute approximate surface area is 175 Å². The van der Waals surface area contributed by atoms with Gasteiger partial charge >= 0.3 is 5.97 Å². The Hall–Kier alpha value is -2.45. The molecule has 0 N–H and O–H groups in total. The van der Waals surface area contributed by atoms with Crippen LogP contribution in [0.3, 0.4) is 0 Å². The number of esters is 1. The van der Waals surface area contributed by atoms with Crippen molar-refractivity contribution in [3.8, 4) is 0 Å². The van der Waals surface area contributed by atoms with Crippen LogP contribution < -0.4 is 0 Å². The highest BCUT2D eigenvalue weighted by Gasteiger charge is 2.32. The monoisotopic (exact) mass is 423 g/mol. The summed E-state index contributed by atoms with van der Waals surface area (Å²) in [6, 6.07) is -1.22. The van der Waals surface area contributed by atoms with Crippen molar-refractivity contribution < 1.29 is 19.1 Å². The van der Waals surface area contributed by atoms with Crippen LogP contribution in [0.25, 0.3) is 10.4 Å². The number of Topliss-reactive ketones (excluding diaryl/α,β-unsaturated/α-hetero) is 1. The fourth-order valence-electron chi connectivity index (χ4n) is 2.86. The summed E-state index contributed by atoms with van der Waals surface area (Å²) in [5.74, 6) is -1.26. The molecule has 0 aliphatic carbocycles. The number of aromatic nitrogens is 1. The van der Waals surface area contributed by atoms with E-state index >= 15 is 0 Å². The summed E-state index contributed by atoms with van der Waals surface area (Å²) in [4.78, 5) is 45.8. The quantitative estimate of drug-likeness (QED) is 0.174. The third-order valence-corrected chi connectivity index (χ3v) is 5.73. The van der Waals surface area contributed by atoms with Crippen LogP contribution >= 0.6 is 11.3 Å². The minimum Gasteiger partial charge on any atom is -0.461 e. The molecule has 0 saturated carbocycles. The zero-order valence-corrected chi connectivity index (χ0v) is 18.6. The molecule has 1 rings (SSSR count). The number of carbonyl (C=O) groups excluding carboxylic acids is 3. The number of ketones is 1. The van der Waals surface area contributed by atoms with E-state index in [0.717, 1.165) is 11.3 Å². The summed E-state index contributed by atoms with van der Waals surface area (Å²) in [6.07, 6.45) is 0.740. The van der Waals surface area contributed by atoms with Crippen LogP contribution in [0.1, 0.15) is 67.8 Å². The van der Waals surface area contributed by atoms with Crippen molar-refractivity contribution in [1.29, 1.82) is 0 Å². The molecule has 1 heterocycles. The van der Waals surface area contributed by atoms with E-state index in [1.807, 2.05) is 27.7 Å². The number of likely N-dealkylation sites (N-methyl/N-ethyl adjacent to an activating group) is 1. The van der Waals surface area contributed by atoms with Gasteiger partial charge in [0.25, 0.3) is 0 Å². The largest absolute Gasteiger partial charge is 0.461 e. The van der Waals surface area contributed by atoms with E-state index in [-0.39, 0.29) is 47.3 Å². The normalized spacial score (nSPS) is 13.9. The van der Waals surface area contributed by atoms with Gasteiger partial charge in [-0.3, -0.25) is 9.59 Å². The molecule has 0 radical (unpaired) electrons. The molecule has 10 heteroatoms. The molecule has 9 nitrogen and oxygen atoms in total. The van der Waals surface area contributed by atoms with Crippen molar-refractivity contribution in [3.05, 3.63) is 26.5 Å². The minimum atomic E-state index is -0.818. The highest BCUT2D eigenvalue weighted by molar-refractivity contribution is 7.11. The first-order valence-corrected chi connectivity index (χ1v) is 10.5. The van der Waals surface area contributed by atoms with Crippen LogP contribution in [0.15, 0.2) is 10.5 Å². The van der Waals surface area contributed by atoms with Crippen molar-refractivity contribution in [1.82, 2.24) is 9.88 Å². The molecule has 0 aliphatic rings. The van der Waals surface area contributed by atoms with Crippen LogP contribution in [-0.4, -0.2) is 53.3 Å². The Morgan fingerprint density at radius 1 is 1.31 bits per heavy atom. The molecular weight excluding hydrogens is 394 g/mol. The molecular formula is C19H29N5O4S. The number of hydrogen-bond acceptors (Lipinski definition) is 7. The fraction of sp³-hybridized carbons (Fsp3) is 0.684. The van der Waals surface area contributed by atoms with Crippen molar-refractivity contribution >= 4 is 29.0 Å². The number of hydrogen-bond donors (Lipinski definition) is 0. The Morgan fingerprint density at radius 2 is 1.97 bits per heavy atom. The van der Waals surface area contributed by atoms with E-state index in [9.17, 15) is 14.4 Å². The lowest BCUT2D eigenvalue weighted by Crippen LogP contribution is -2.47. The third-order valence-electron chi connectivity index (χ3n) is 4.85. The standard InChI is InChI=1S/C19H29N5O4S/c1-7-12(5)16(22-23-20)18(26)24(6)14(11(3)4)9-15(25)17-21-13(10-29-17)19(27)28-8-2/h10-12,14,16H,7-9H2,1-6H3/t12?,14-,16+/m1/s1. The summed E-state index contributed by atoms with van der Waals surface area (Å²) in [5, 5.41) is 5.37. The topological polar surface area (TPSA) is 125 Å². The second-order valence-corrected chi connectivity index (χ2v) is 8.04. The smallest absolute Gasteiger partial charge is 0.357 e. The Balaban J connectivity index is 2.99. The van der Waals surface area contributed by atoms with E-state index in [2.05, 4.69) is 15.0 Å². The van der Waals surface area contributed by atoms with Gasteiger partial charge in [0.05, 0.1) is 6.61 Å². The molecule has 29 heavy (non-hydrogen) atoms. The lowest BCUT2D eigenvalue weighted by atomic mass is 9.94. The van der Waals surface area contributed by atoms with Gasteiger partial charge < -0.3 is 9.64 Å². The Morgan fingerprint density at radius 3 is 2.48 bits per heavy atom. The predicted molar refractivity (Wildman–Crippen MR) is 111 cm³/mol. The maximum atomic E-state index is 12.9. The van der Waals surface area contributed by atoms with Gasteiger partial charge in [-0.2, -0.15) is 0 Å². The van der Waals surface area contributed by atoms with Gasteiger partial charge in [0, 0.05) is 29.8 Å². The first kappa shape index (κ1) is 24.6. The van der Waals surface area contributed by atoms with Crippen LogP contribution in [0.4, 0.5) is 0 Å². The molecule has 1 aromatic rings. The second kappa shape index (κ2) is 11.5. The molecule has 0 fully saturated rings. The van der Waals surface area contributed by atoms with Gasteiger partial charge in [-0.05, 0) is 24.3 Å². The van der Waals surface area contributed by atoms with Gasteiger partial charge in [0.2, 0.25) is 5.91 Å². The van der Waals surface area contributed by atoms with E-state index in [1.165, 1.54) is 10.3 Å². The van der Waals surface area contributed by atoms with Crippen molar-refractivity contribution in [2.24, 2.45) is 17.0 Å². The number of nitrogens with zero attached hydrogens (tertiary/aromatic N) is 5. The SMILES string of the molecule is CCOC(=O)c1csc(C(=O)C[C@H](C(C)C)N(C)C(=O)[C@@H](N=[N+]=[N-])C(C)CC)n1. The number of thiazole rings is 1. The fourth-order valence-corrected chi connectivity index (χ4v) is 3.59. The van der Waals surface area contributed by atoms with Gasteiger partial charge in [-0.1, -0.05) is 39.2 Å².